The molecule has 0 N–H and O–H groups in total. The van der Waals surface area contributed by atoms with Crippen LogP contribution in [0.3, 0.4) is 0 Å². The standard InChI is InChI=1S/C20H24BrN3O/c1-14-7-4-5-12-23(14)20(25)19-17-10-2-3-11-18(17)24(22-19)16-9-6-8-15(21)13-16/h6,8-9,13-14H,2-5,7,10-12H2,1H3/t14-/m1/s1. The summed E-state index contributed by atoms with van der Waals surface area (Å²) in [4.78, 5) is 15.3. The van der Waals surface area contributed by atoms with Crippen LogP contribution in [0.4, 0.5) is 0 Å². The highest BCUT2D eigenvalue weighted by molar-refractivity contribution is 9.10. The lowest BCUT2D eigenvalue weighted by atomic mass is 9.94. The number of hydrogen-bond acceptors (Lipinski definition) is 2. The normalized spacial score (nSPS) is 20.4. The van der Waals surface area contributed by atoms with Crippen LogP contribution in [-0.2, 0) is 12.8 Å². The Bertz CT molecular complexity index is 798. The predicted octanol–water partition coefficient (Wildman–Crippen LogP) is 4.53. The monoisotopic (exact) mass is 401 g/mol. The van der Waals surface area contributed by atoms with Gasteiger partial charge in [0.25, 0.3) is 5.91 Å². The molecule has 0 saturated carbocycles. The Morgan fingerprint density at radius 1 is 1.20 bits per heavy atom. The summed E-state index contributed by atoms with van der Waals surface area (Å²) in [6.45, 7) is 3.02. The highest BCUT2D eigenvalue weighted by Crippen LogP contribution is 2.29. The molecule has 1 atom stereocenters. The zero-order chi connectivity index (χ0) is 17.4. The average molecular weight is 402 g/mol. The Morgan fingerprint density at radius 3 is 2.84 bits per heavy atom. The Hall–Kier alpha value is -1.62. The van der Waals surface area contributed by atoms with Crippen LogP contribution in [0.2, 0.25) is 0 Å². The summed E-state index contributed by atoms with van der Waals surface area (Å²) in [7, 11) is 0. The van der Waals surface area contributed by atoms with Gasteiger partial charge in [-0.25, -0.2) is 4.68 Å². The number of nitrogens with zero attached hydrogens (tertiary/aromatic N) is 3. The van der Waals surface area contributed by atoms with Gasteiger partial charge in [0.05, 0.1) is 5.69 Å². The van der Waals surface area contributed by atoms with E-state index in [9.17, 15) is 4.79 Å². The van der Waals surface area contributed by atoms with Crippen molar-refractivity contribution in [1.29, 1.82) is 0 Å². The van der Waals surface area contributed by atoms with Crippen LogP contribution >= 0.6 is 15.9 Å². The number of fused-ring (bicyclic) bond motifs is 1. The van der Waals surface area contributed by atoms with Crippen molar-refractivity contribution < 1.29 is 4.79 Å². The van der Waals surface area contributed by atoms with Gasteiger partial charge in [-0.05, 0) is 70.1 Å². The van der Waals surface area contributed by atoms with E-state index >= 15 is 0 Å². The molecule has 1 aromatic heterocycles. The van der Waals surface area contributed by atoms with Crippen molar-refractivity contribution in [2.75, 3.05) is 6.54 Å². The van der Waals surface area contributed by atoms with E-state index in [1.165, 1.54) is 24.1 Å². The van der Waals surface area contributed by atoms with E-state index in [0.717, 1.165) is 48.8 Å². The molecular formula is C20H24BrN3O. The first-order valence-corrected chi connectivity index (χ1v) is 10.1. The Kier molecular flexibility index (Phi) is 4.67. The maximum absolute atomic E-state index is 13.2. The Morgan fingerprint density at radius 2 is 2.04 bits per heavy atom. The van der Waals surface area contributed by atoms with E-state index in [-0.39, 0.29) is 5.91 Å². The molecule has 1 saturated heterocycles. The van der Waals surface area contributed by atoms with Crippen LogP contribution in [0, 0.1) is 0 Å². The number of rotatable bonds is 2. The third kappa shape index (κ3) is 3.14. The van der Waals surface area contributed by atoms with Crippen LogP contribution in [0.15, 0.2) is 28.7 Å². The fourth-order valence-corrected chi connectivity index (χ4v) is 4.52. The molecule has 0 bridgehead atoms. The first kappa shape index (κ1) is 16.8. The molecule has 4 nitrogen and oxygen atoms in total. The molecule has 25 heavy (non-hydrogen) atoms. The van der Waals surface area contributed by atoms with Gasteiger partial charge in [-0.15, -0.1) is 0 Å². The fourth-order valence-electron chi connectivity index (χ4n) is 4.13. The van der Waals surface area contributed by atoms with Crippen molar-refractivity contribution in [2.45, 2.75) is 57.9 Å². The van der Waals surface area contributed by atoms with Gasteiger partial charge in [0, 0.05) is 28.3 Å². The Balaban J connectivity index is 1.77. The second-order valence-corrected chi connectivity index (χ2v) is 8.13. The molecule has 4 rings (SSSR count). The third-order valence-corrected chi connectivity index (χ3v) is 5.99. The SMILES string of the molecule is C[C@@H]1CCCCN1C(=O)c1nn(-c2cccc(Br)c2)c2c1CCCC2. The van der Waals surface area contributed by atoms with Gasteiger partial charge >= 0.3 is 0 Å². The molecular weight excluding hydrogens is 378 g/mol. The van der Waals surface area contributed by atoms with Gasteiger partial charge in [0.1, 0.15) is 0 Å². The number of halogens is 1. The number of benzene rings is 1. The van der Waals surface area contributed by atoms with Crippen molar-refractivity contribution >= 4 is 21.8 Å². The van der Waals surface area contributed by atoms with Crippen molar-refractivity contribution in [3.8, 4) is 5.69 Å². The summed E-state index contributed by atoms with van der Waals surface area (Å²) in [6, 6.07) is 8.48. The predicted molar refractivity (Wildman–Crippen MR) is 102 cm³/mol. The number of hydrogen-bond donors (Lipinski definition) is 0. The van der Waals surface area contributed by atoms with Crippen LogP contribution in [0.1, 0.15) is 60.8 Å². The molecule has 1 aromatic carbocycles. The van der Waals surface area contributed by atoms with E-state index in [1.807, 2.05) is 21.7 Å². The molecule has 2 aromatic rings. The van der Waals surface area contributed by atoms with Gasteiger partial charge in [-0.3, -0.25) is 4.79 Å². The van der Waals surface area contributed by atoms with Crippen molar-refractivity contribution in [3.63, 3.8) is 0 Å². The summed E-state index contributed by atoms with van der Waals surface area (Å²) in [5, 5.41) is 4.82. The molecule has 1 aliphatic carbocycles. The van der Waals surface area contributed by atoms with Crippen LogP contribution in [0.5, 0.6) is 0 Å². The molecule has 0 spiro atoms. The first-order chi connectivity index (χ1) is 12.1. The first-order valence-electron chi connectivity index (χ1n) is 9.33. The summed E-state index contributed by atoms with van der Waals surface area (Å²) >= 11 is 3.55. The van der Waals surface area contributed by atoms with Crippen molar-refractivity contribution in [3.05, 3.63) is 45.7 Å². The summed E-state index contributed by atoms with van der Waals surface area (Å²) in [6.07, 6.45) is 7.69. The van der Waals surface area contributed by atoms with Crippen LogP contribution < -0.4 is 0 Å². The second kappa shape index (κ2) is 6.94. The molecule has 132 valence electrons. The number of aromatic nitrogens is 2. The van der Waals surface area contributed by atoms with Crippen LogP contribution in [0.25, 0.3) is 5.69 Å². The largest absolute Gasteiger partial charge is 0.335 e. The van der Waals surface area contributed by atoms with Gasteiger partial charge in [-0.2, -0.15) is 5.10 Å². The molecule has 5 heteroatoms. The Labute approximate surface area is 157 Å². The number of carbonyl (C=O) groups is 1. The highest BCUT2D eigenvalue weighted by atomic mass is 79.9. The van der Waals surface area contributed by atoms with Gasteiger partial charge < -0.3 is 4.90 Å². The smallest absolute Gasteiger partial charge is 0.274 e. The van der Waals surface area contributed by atoms with Gasteiger partial charge in [-0.1, -0.05) is 22.0 Å². The fraction of sp³-hybridized carbons (Fsp3) is 0.500. The molecule has 0 unspecified atom stereocenters. The number of carbonyl (C=O) groups excluding carboxylic acids is 1. The van der Waals surface area contributed by atoms with E-state index in [4.69, 9.17) is 5.10 Å². The summed E-state index contributed by atoms with van der Waals surface area (Å²) in [5.74, 6) is 0.124. The topological polar surface area (TPSA) is 38.1 Å². The lowest BCUT2D eigenvalue weighted by Crippen LogP contribution is -2.42. The van der Waals surface area contributed by atoms with Crippen molar-refractivity contribution in [2.24, 2.45) is 0 Å². The van der Waals surface area contributed by atoms with Crippen LogP contribution in [-0.4, -0.2) is 33.2 Å². The number of amides is 1. The molecule has 1 fully saturated rings. The number of likely N-dealkylation sites (tertiary alicyclic amines) is 1. The van der Waals surface area contributed by atoms with Gasteiger partial charge in [0.15, 0.2) is 5.69 Å². The van der Waals surface area contributed by atoms with Crippen molar-refractivity contribution in [1.82, 2.24) is 14.7 Å². The minimum Gasteiger partial charge on any atom is -0.335 e. The third-order valence-electron chi connectivity index (χ3n) is 5.50. The zero-order valence-electron chi connectivity index (χ0n) is 14.7. The maximum atomic E-state index is 13.2. The molecule has 1 aliphatic heterocycles. The minimum absolute atomic E-state index is 0.124. The molecule has 2 aliphatic rings. The summed E-state index contributed by atoms with van der Waals surface area (Å²) in [5.41, 5.74) is 4.10. The quantitative estimate of drug-likeness (QED) is 0.741. The van der Waals surface area contributed by atoms with E-state index < -0.39 is 0 Å². The van der Waals surface area contributed by atoms with E-state index in [0.29, 0.717) is 11.7 Å². The molecule has 1 amide bonds. The maximum Gasteiger partial charge on any atom is 0.274 e. The van der Waals surface area contributed by atoms with Gasteiger partial charge in [0.2, 0.25) is 0 Å². The number of piperidine rings is 1. The molecule has 2 heterocycles. The van der Waals surface area contributed by atoms with E-state index in [2.05, 4.69) is 35.0 Å². The highest BCUT2D eigenvalue weighted by Gasteiger charge is 2.31. The lowest BCUT2D eigenvalue weighted by molar-refractivity contribution is 0.0628. The lowest BCUT2D eigenvalue weighted by Gasteiger charge is -2.33. The molecule has 0 radical (unpaired) electrons. The average Bonchev–Trinajstić information content (AvgIpc) is 3.01. The zero-order valence-corrected chi connectivity index (χ0v) is 16.3. The second-order valence-electron chi connectivity index (χ2n) is 7.22. The van der Waals surface area contributed by atoms with E-state index in [1.54, 1.807) is 0 Å². The minimum atomic E-state index is 0.124. The summed E-state index contributed by atoms with van der Waals surface area (Å²) < 4.78 is 3.03.